The largest absolute Gasteiger partial charge is 0.383 e. The molecule has 1 aromatic carbocycles. The fraction of sp³-hybridized carbons (Fsp3) is 0.368. The normalized spacial score (nSPS) is 14.0. The molecular weight excluding hydrogens is 300 g/mol. The lowest BCUT2D eigenvalue weighted by Crippen LogP contribution is -2.16. The van der Waals surface area contributed by atoms with Crippen molar-refractivity contribution in [1.82, 2.24) is 14.3 Å². The predicted octanol–water partition coefficient (Wildman–Crippen LogP) is 3.40. The summed E-state index contributed by atoms with van der Waals surface area (Å²) >= 11 is 0. The van der Waals surface area contributed by atoms with Crippen LogP contribution in [-0.4, -0.2) is 20.3 Å². The Kier molecular flexibility index (Phi) is 3.63. The van der Waals surface area contributed by atoms with Crippen molar-refractivity contribution in [1.29, 1.82) is 0 Å². The smallest absolute Gasteiger partial charge is 0.280 e. The van der Waals surface area contributed by atoms with E-state index in [1.165, 1.54) is 4.68 Å². The Labute approximate surface area is 141 Å². The van der Waals surface area contributed by atoms with Crippen molar-refractivity contribution in [3.8, 4) is 0 Å². The van der Waals surface area contributed by atoms with Crippen LogP contribution in [0, 0.1) is 0 Å². The van der Waals surface area contributed by atoms with E-state index in [0.29, 0.717) is 11.4 Å². The monoisotopic (exact) mass is 322 g/mol. The number of benzene rings is 1. The molecule has 2 heterocycles. The van der Waals surface area contributed by atoms with Crippen molar-refractivity contribution in [3.05, 3.63) is 47.3 Å². The van der Waals surface area contributed by atoms with E-state index in [4.69, 9.17) is 5.73 Å². The first-order valence-electron chi connectivity index (χ1n) is 8.69. The fourth-order valence-electron chi connectivity index (χ4n) is 3.69. The predicted molar refractivity (Wildman–Crippen MR) is 95.2 cm³/mol. The van der Waals surface area contributed by atoms with Gasteiger partial charge in [0.05, 0.1) is 11.3 Å². The second-order valence-corrected chi connectivity index (χ2v) is 6.48. The maximum atomic E-state index is 13.1. The molecule has 0 aliphatic heterocycles. The molecule has 3 aromatic rings. The highest BCUT2D eigenvalue weighted by Crippen LogP contribution is 2.28. The minimum atomic E-state index is -0.137. The van der Waals surface area contributed by atoms with Gasteiger partial charge in [-0.2, -0.15) is 9.78 Å². The molecule has 4 rings (SSSR count). The zero-order valence-corrected chi connectivity index (χ0v) is 14.0. The molecule has 2 aromatic heterocycles. The first-order chi connectivity index (χ1) is 11.7. The number of anilines is 1. The summed E-state index contributed by atoms with van der Waals surface area (Å²) in [5.41, 5.74) is 10.0. The molecular formula is C19H22N4O. The van der Waals surface area contributed by atoms with E-state index in [1.54, 1.807) is 0 Å². The molecule has 2 N–H and O–H groups in total. The summed E-state index contributed by atoms with van der Waals surface area (Å²) < 4.78 is 3.59. The first kappa shape index (κ1) is 15.0. The van der Waals surface area contributed by atoms with Gasteiger partial charge in [0.2, 0.25) is 0 Å². The highest BCUT2D eigenvalue weighted by molar-refractivity contribution is 6.08. The lowest BCUT2D eigenvalue weighted by molar-refractivity contribution is 0.0949. The third-order valence-electron chi connectivity index (χ3n) is 4.90. The average Bonchev–Trinajstić information content (AvgIpc) is 3.17. The summed E-state index contributed by atoms with van der Waals surface area (Å²) in [5, 5.41) is 5.47. The van der Waals surface area contributed by atoms with Crippen LogP contribution in [0.15, 0.2) is 30.5 Å². The number of nitrogens with zero attached hydrogens (tertiary/aromatic N) is 3. The van der Waals surface area contributed by atoms with Crippen molar-refractivity contribution >= 4 is 22.6 Å². The zero-order chi connectivity index (χ0) is 16.7. The minimum Gasteiger partial charge on any atom is -0.383 e. The topological polar surface area (TPSA) is 65.8 Å². The molecule has 0 spiro atoms. The summed E-state index contributed by atoms with van der Waals surface area (Å²) in [6.07, 6.45) is 7.17. The van der Waals surface area contributed by atoms with Crippen LogP contribution in [0.2, 0.25) is 0 Å². The fourth-order valence-corrected chi connectivity index (χ4v) is 3.69. The third-order valence-corrected chi connectivity index (χ3v) is 4.90. The van der Waals surface area contributed by atoms with E-state index >= 15 is 0 Å². The lowest BCUT2D eigenvalue weighted by atomic mass is 9.98. The van der Waals surface area contributed by atoms with Crippen molar-refractivity contribution in [2.45, 2.75) is 45.6 Å². The minimum absolute atomic E-state index is 0.137. The molecule has 0 radical (unpaired) electrons. The van der Waals surface area contributed by atoms with Crippen LogP contribution in [0.4, 0.5) is 5.82 Å². The number of aryl methyl sites for hydroxylation is 2. The summed E-state index contributed by atoms with van der Waals surface area (Å²) in [4.78, 5) is 13.1. The van der Waals surface area contributed by atoms with E-state index in [9.17, 15) is 4.79 Å². The molecule has 124 valence electrons. The molecule has 5 heteroatoms. The third kappa shape index (κ3) is 2.23. The van der Waals surface area contributed by atoms with Crippen molar-refractivity contribution in [2.24, 2.45) is 0 Å². The molecule has 5 nitrogen and oxygen atoms in total. The molecule has 0 unspecified atom stereocenters. The SMILES string of the molecule is CCCn1ccc2c(C(=O)n3nc4c(c3N)CCCC4)cccc21. The lowest BCUT2D eigenvalue weighted by Gasteiger charge is -2.08. The Morgan fingerprint density at radius 3 is 2.88 bits per heavy atom. The summed E-state index contributed by atoms with van der Waals surface area (Å²) in [6.45, 7) is 3.09. The van der Waals surface area contributed by atoms with E-state index < -0.39 is 0 Å². The van der Waals surface area contributed by atoms with Crippen LogP contribution in [-0.2, 0) is 19.4 Å². The molecule has 1 aliphatic rings. The molecule has 0 saturated carbocycles. The van der Waals surface area contributed by atoms with Crippen LogP contribution in [0.3, 0.4) is 0 Å². The van der Waals surface area contributed by atoms with Crippen molar-refractivity contribution in [3.63, 3.8) is 0 Å². The van der Waals surface area contributed by atoms with E-state index in [0.717, 1.165) is 60.8 Å². The molecule has 0 bridgehead atoms. The average molecular weight is 322 g/mol. The van der Waals surface area contributed by atoms with E-state index in [-0.39, 0.29) is 5.91 Å². The quantitative estimate of drug-likeness (QED) is 0.803. The van der Waals surface area contributed by atoms with Gasteiger partial charge in [-0.1, -0.05) is 13.0 Å². The van der Waals surface area contributed by atoms with Gasteiger partial charge in [-0.3, -0.25) is 4.79 Å². The van der Waals surface area contributed by atoms with Gasteiger partial charge < -0.3 is 10.3 Å². The van der Waals surface area contributed by atoms with Crippen LogP contribution < -0.4 is 5.73 Å². The number of nitrogen functional groups attached to an aromatic ring is 1. The summed E-state index contributed by atoms with van der Waals surface area (Å²) in [6, 6.07) is 7.86. The van der Waals surface area contributed by atoms with Crippen molar-refractivity contribution < 1.29 is 4.79 Å². The highest BCUT2D eigenvalue weighted by atomic mass is 16.2. The van der Waals surface area contributed by atoms with E-state index in [1.807, 2.05) is 24.4 Å². The molecule has 1 aliphatic carbocycles. The Hall–Kier alpha value is -2.56. The standard InChI is InChI=1S/C19H22N4O/c1-2-11-22-12-10-13-14(7-5-9-17(13)22)19(24)23-18(20)15-6-3-4-8-16(15)21-23/h5,7,9-10,12H,2-4,6,8,11,20H2,1H3. The second-order valence-electron chi connectivity index (χ2n) is 6.48. The number of hydrogen-bond donors (Lipinski definition) is 1. The maximum absolute atomic E-state index is 13.1. The molecule has 0 atom stereocenters. The highest BCUT2D eigenvalue weighted by Gasteiger charge is 2.23. The van der Waals surface area contributed by atoms with Gasteiger partial charge in [0.1, 0.15) is 5.82 Å². The first-order valence-corrected chi connectivity index (χ1v) is 8.69. The molecule has 0 amide bonds. The number of aromatic nitrogens is 3. The van der Waals surface area contributed by atoms with Gasteiger partial charge in [0.15, 0.2) is 0 Å². The molecule has 0 fully saturated rings. The maximum Gasteiger partial charge on any atom is 0.280 e. The van der Waals surface area contributed by atoms with Gasteiger partial charge >= 0.3 is 0 Å². The van der Waals surface area contributed by atoms with Crippen LogP contribution >= 0.6 is 0 Å². The van der Waals surface area contributed by atoms with E-state index in [2.05, 4.69) is 22.7 Å². The van der Waals surface area contributed by atoms with Gasteiger partial charge in [-0.25, -0.2) is 0 Å². The number of nitrogens with two attached hydrogens (primary N) is 1. The van der Waals surface area contributed by atoms with Gasteiger partial charge in [-0.05, 0) is 50.3 Å². The number of carbonyl (C=O) groups is 1. The Balaban J connectivity index is 1.80. The Morgan fingerprint density at radius 2 is 2.08 bits per heavy atom. The zero-order valence-electron chi connectivity index (χ0n) is 14.0. The number of rotatable bonds is 3. The Bertz CT molecular complexity index is 919. The van der Waals surface area contributed by atoms with Crippen LogP contribution in [0.1, 0.15) is 47.8 Å². The van der Waals surface area contributed by atoms with Crippen LogP contribution in [0.5, 0.6) is 0 Å². The number of hydrogen-bond acceptors (Lipinski definition) is 3. The molecule has 24 heavy (non-hydrogen) atoms. The summed E-state index contributed by atoms with van der Waals surface area (Å²) in [7, 11) is 0. The Morgan fingerprint density at radius 1 is 1.25 bits per heavy atom. The second kappa shape index (κ2) is 5.82. The summed E-state index contributed by atoms with van der Waals surface area (Å²) in [5.74, 6) is 0.376. The number of carbonyl (C=O) groups excluding carboxylic acids is 1. The van der Waals surface area contributed by atoms with Gasteiger partial charge in [0, 0.05) is 29.2 Å². The van der Waals surface area contributed by atoms with Gasteiger partial charge in [-0.15, -0.1) is 0 Å². The number of fused-ring (bicyclic) bond motifs is 2. The van der Waals surface area contributed by atoms with Crippen LogP contribution in [0.25, 0.3) is 10.9 Å². The molecule has 0 saturated heterocycles. The van der Waals surface area contributed by atoms with Crippen molar-refractivity contribution in [2.75, 3.05) is 5.73 Å². The van der Waals surface area contributed by atoms with Gasteiger partial charge in [0.25, 0.3) is 5.91 Å².